The summed E-state index contributed by atoms with van der Waals surface area (Å²) in [4.78, 5) is 4.49. The molecule has 0 radical (unpaired) electrons. The molecule has 2 aromatic heterocycles. The van der Waals surface area contributed by atoms with Crippen molar-refractivity contribution < 1.29 is 18.7 Å². The van der Waals surface area contributed by atoms with Crippen LogP contribution >= 0.6 is 0 Å². The average molecular weight is 500 g/mol. The number of pyridine rings is 1. The van der Waals surface area contributed by atoms with Crippen molar-refractivity contribution in [3.63, 3.8) is 0 Å². The zero-order chi connectivity index (χ0) is 25.3. The summed E-state index contributed by atoms with van der Waals surface area (Å²) in [7, 11) is 1.65. The first-order valence-electron chi connectivity index (χ1n) is 12.9. The maximum atomic E-state index is 6.09. The van der Waals surface area contributed by atoms with Crippen LogP contribution in [0.15, 0.2) is 77.4 Å². The molecule has 1 aliphatic carbocycles. The van der Waals surface area contributed by atoms with Crippen LogP contribution in [0.25, 0.3) is 11.1 Å². The summed E-state index contributed by atoms with van der Waals surface area (Å²) in [5, 5.41) is 7.38. The summed E-state index contributed by atoms with van der Waals surface area (Å²) in [6.45, 7) is 1.63. The Morgan fingerprint density at radius 1 is 0.973 bits per heavy atom. The highest BCUT2D eigenvalue weighted by atomic mass is 16.5. The fraction of sp³-hybridized carbons (Fsp3) is 0.333. The van der Waals surface area contributed by atoms with Crippen LogP contribution in [0, 0.1) is 5.92 Å². The van der Waals surface area contributed by atoms with Crippen molar-refractivity contribution in [2.75, 3.05) is 19.0 Å². The number of hydrogen-bond acceptors (Lipinski definition) is 7. The molecule has 0 atom stereocenters. The van der Waals surface area contributed by atoms with E-state index in [4.69, 9.17) is 18.7 Å². The molecule has 192 valence electrons. The SMILES string of the molecule is COc1ccc(COc2cc(CNc3ccc(-c4cccnc4OCCC4CCCC4)cc3)on2)cc1. The summed E-state index contributed by atoms with van der Waals surface area (Å²) in [5.74, 6) is 3.47. The second-order valence-electron chi connectivity index (χ2n) is 9.34. The van der Waals surface area contributed by atoms with Crippen LogP contribution in [0.3, 0.4) is 0 Å². The van der Waals surface area contributed by atoms with Crippen molar-refractivity contribution in [2.45, 2.75) is 45.3 Å². The lowest BCUT2D eigenvalue weighted by molar-refractivity contribution is 0.266. The molecule has 0 saturated heterocycles. The van der Waals surface area contributed by atoms with Gasteiger partial charge in [0.1, 0.15) is 12.4 Å². The van der Waals surface area contributed by atoms with E-state index in [1.54, 1.807) is 19.4 Å². The minimum atomic E-state index is 0.408. The molecule has 0 spiro atoms. The summed E-state index contributed by atoms with van der Waals surface area (Å²) >= 11 is 0. The summed E-state index contributed by atoms with van der Waals surface area (Å²) in [6.07, 6.45) is 8.27. The van der Waals surface area contributed by atoms with Crippen LogP contribution < -0.4 is 19.5 Å². The Balaban J connectivity index is 1.12. The minimum absolute atomic E-state index is 0.408. The maximum absolute atomic E-state index is 6.09. The van der Waals surface area contributed by atoms with E-state index in [9.17, 15) is 0 Å². The number of benzene rings is 2. The number of nitrogens with one attached hydrogen (secondary N) is 1. The van der Waals surface area contributed by atoms with Gasteiger partial charge >= 0.3 is 0 Å². The molecule has 2 heterocycles. The third-order valence-electron chi connectivity index (χ3n) is 6.76. The molecule has 4 aromatic rings. The molecule has 1 fully saturated rings. The van der Waals surface area contributed by atoms with Gasteiger partial charge in [0.15, 0.2) is 5.76 Å². The molecule has 5 rings (SSSR count). The van der Waals surface area contributed by atoms with E-state index >= 15 is 0 Å². The van der Waals surface area contributed by atoms with Crippen LogP contribution in [0.4, 0.5) is 5.69 Å². The molecule has 1 N–H and O–H groups in total. The largest absolute Gasteiger partial charge is 0.497 e. The fourth-order valence-electron chi connectivity index (χ4n) is 4.63. The molecular formula is C30H33N3O4. The highest BCUT2D eigenvalue weighted by Gasteiger charge is 2.15. The molecule has 0 bridgehead atoms. The van der Waals surface area contributed by atoms with Gasteiger partial charge in [-0.1, -0.05) is 49.9 Å². The first-order valence-corrected chi connectivity index (χ1v) is 12.9. The molecule has 1 saturated carbocycles. The first-order chi connectivity index (χ1) is 18.3. The quantitative estimate of drug-likeness (QED) is 0.227. The zero-order valence-electron chi connectivity index (χ0n) is 21.2. The van der Waals surface area contributed by atoms with Crippen LogP contribution in [-0.2, 0) is 13.2 Å². The van der Waals surface area contributed by atoms with Crippen molar-refractivity contribution in [3.05, 3.63) is 84.3 Å². The van der Waals surface area contributed by atoms with Gasteiger partial charge < -0.3 is 24.1 Å². The Morgan fingerprint density at radius 2 is 1.78 bits per heavy atom. The van der Waals surface area contributed by atoms with E-state index < -0.39 is 0 Å². The van der Waals surface area contributed by atoms with Gasteiger partial charge in [0.05, 0.1) is 20.3 Å². The maximum Gasteiger partial charge on any atom is 0.254 e. The number of hydrogen-bond donors (Lipinski definition) is 1. The fourth-order valence-corrected chi connectivity index (χ4v) is 4.63. The Bertz CT molecular complexity index is 1250. The van der Waals surface area contributed by atoms with Gasteiger partial charge in [-0.2, -0.15) is 0 Å². The smallest absolute Gasteiger partial charge is 0.254 e. The molecule has 7 heteroatoms. The molecule has 0 unspecified atom stereocenters. The third kappa shape index (κ3) is 6.82. The van der Waals surface area contributed by atoms with E-state index in [-0.39, 0.29) is 0 Å². The predicted molar refractivity (Wildman–Crippen MR) is 143 cm³/mol. The second-order valence-corrected chi connectivity index (χ2v) is 9.34. The van der Waals surface area contributed by atoms with E-state index in [0.29, 0.717) is 30.7 Å². The van der Waals surface area contributed by atoms with E-state index in [1.807, 2.05) is 42.5 Å². The summed E-state index contributed by atoms with van der Waals surface area (Å²) in [6, 6.07) is 21.8. The van der Waals surface area contributed by atoms with Crippen molar-refractivity contribution in [3.8, 4) is 28.6 Å². The van der Waals surface area contributed by atoms with E-state index in [0.717, 1.165) is 47.1 Å². The first kappa shape index (κ1) is 24.7. The number of rotatable bonds is 12. The van der Waals surface area contributed by atoms with Gasteiger partial charge in [0.25, 0.3) is 5.88 Å². The lowest BCUT2D eigenvalue weighted by Crippen LogP contribution is -2.05. The van der Waals surface area contributed by atoms with Crippen LogP contribution in [0.1, 0.15) is 43.4 Å². The van der Waals surface area contributed by atoms with E-state index in [1.165, 1.54) is 25.7 Å². The summed E-state index contributed by atoms with van der Waals surface area (Å²) < 4.78 is 22.4. The second kappa shape index (κ2) is 12.3. The van der Waals surface area contributed by atoms with Gasteiger partial charge in [0.2, 0.25) is 5.88 Å². The normalized spacial score (nSPS) is 13.4. The zero-order valence-corrected chi connectivity index (χ0v) is 21.2. The molecule has 37 heavy (non-hydrogen) atoms. The van der Waals surface area contributed by atoms with Gasteiger partial charge in [-0.15, -0.1) is 0 Å². The lowest BCUT2D eigenvalue weighted by Gasteiger charge is -2.13. The van der Waals surface area contributed by atoms with Gasteiger partial charge in [-0.05, 0) is 65.0 Å². The highest BCUT2D eigenvalue weighted by Crippen LogP contribution is 2.31. The van der Waals surface area contributed by atoms with Crippen molar-refractivity contribution >= 4 is 5.69 Å². The van der Waals surface area contributed by atoms with Crippen molar-refractivity contribution in [1.82, 2.24) is 10.1 Å². The van der Waals surface area contributed by atoms with Crippen LogP contribution in [0.5, 0.6) is 17.5 Å². The molecule has 0 amide bonds. The number of aromatic nitrogens is 2. The Labute approximate surface area is 217 Å². The number of ether oxygens (including phenoxy) is 3. The Kier molecular flexibility index (Phi) is 8.21. The van der Waals surface area contributed by atoms with Gasteiger partial charge in [-0.25, -0.2) is 4.98 Å². The standard InChI is InChI=1S/C30H33N3O4/c1-34-26-14-8-23(9-15-26)21-36-29-19-27(37-33-29)20-32-25-12-10-24(11-13-25)28-7-4-17-31-30(28)35-18-16-22-5-2-3-6-22/h4,7-15,17,19,22,32H,2-3,5-6,16,18,20-21H2,1H3. The van der Waals surface area contributed by atoms with Gasteiger partial charge in [0, 0.05) is 23.5 Å². The third-order valence-corrected chi connectivity index (χ3v) is 6.76. The Hall–Kier alpha value is -4.00. The van der Waals surface area contributed by atoms with Gasteiger partial charge in [-0.3, -0.25) is 0 Å². The lowest BCUT2D eigenvalue weighted by atomic mass is 10.1. The topological polar surface area (TPSA) is 78.6 Å². The number of nitrogens with zero attached hydrogens (tertiary/aromatic N) is 2. The monoisotopic (exact) mass is 499 g/mol. The van der Waals surface area contributed by atoms with Crippen molar-refractivity contribution in [1.29, 1.82) is 0 Å². The van der Waals surface area contributed by atoms with Crippen LogP contribution in [0.2, 0.25) is 0 Å². The molecule has 1 aliphatic rings. The predicted octanol–water partition coefficient (Wildman–Crippen LogP) is 6.90. The minimum Gasteiger partial charge on any atom is -0.497 e. The van der Waals surface area contributed by atoms with E-state index in [2.05, 4.69) is 33.7 Å². The molecular weight excluding hydrogens is 466 g/mol. The highest BCUT2D eigenvalue weighted by molar-refractivity contribution is 5.70. The molecule has 0 aliphatic heterocycles. The summed E-state index contributed by atoms with van der Waals surface area (Å²) in [5.41, 5.74) is 4.09. The average Bonchev–Trinajstić information content (AvgIpc) is 3.64. The Morgan fingerprint density at radius 3 is 2.57 bits per heavy atom. The van der Waals surface area contributed by atoms with Crippen LogP contribution in [-0.4, -0.2) is 23.9 Å². The van der Waals surface area contributed by atoms with Crippen molar-refractivity contribution in [2.24, 2.45) is 5.92 Å². The molecule has 7 nitrogen and oxygen atoms in total. The number of anilines is 1. The molecule has 2 aromatic carbocycles. The number of methoxy groups -OCH3 is 1.